The molecule has 0 fully saturated rings. The first-order valence-corrected chi connectivity index (χ1v) is 12.0. The van der Waals surface area contributed by atoms with Crippen LogP contribution in [-0.4, -0.2) is 34.3 Å². The van der Waals surface area contributed by atoms with Gasteiger partial charge in [-0.2, -0.15) is 13.2 Å². The molecule has 0 bridgehead atoms. The number of anilines is 1. The van der Waals surface area contributed by atoms with Crippen LogP contribution in [0.5, 0.6) is 5.75 Å². The number of nitrogens with zero attached hydrogens (tertiary/aromatic N) is 2. The lowest BCUT2D eigenvalue weighted by atomic mass is 10.1. The van der Waals surface area contributed by atoms with E-state index in [0.29, 0.717) is 27.3 Å². The third-order valence-electron chi connectivity index (χ3n) is 5.66. The predicted molar refractivity (Wildman–Crippen MR) is 136 cm³/mol. The minimum Gasteiger partial charge on any atom is -0.496 e. The molecular weight excluding hydrogens is 509 g/mol. The summed E-state index contributed by atoms with van der Waals surface area (Å²) in [6.45, 7) is 8.38. The fraction of sp³-hybridized carbons (Fsp3) is 0.320. The molecule has 0 unspecified atom stereocenters. The van der Waals surface area contributed by atoms with Crippen molar-refractivity contribution in [2.24, 2.45) is 5.73 Å². The van der Waals surface area contributed by atoms with Crippen LogP contribution in [0.3, 0.4) is 0 Å². The molecular formula is C25H25F3N4O4S. The molecule has 0 aliphatic rings. The Bertz CT molecular complexity index is 1560. The Morgan fingerprint density at radius 1 is 1.14 bits per heavy atom. The number of hydrogen-bond acceptors (Lipinski definition) is 6. The molecule has 2 amide bonds. The second kappa shape index (κ2) is 8.94. The van der Waals surface area contributed by atoms with E-state index in [4.69, 9.17) is 15.2 Å². The Balaban J connectivity index is 2.27. The molecule has 4 rings (SSSR count). The molecule has 0 radical (unpaired) electrons. The van der Waals surface area contributed by atoms with E-state index >= 15 is 0 Å². The number of fused-ring (bicyclic) bond motifs is 3. The number of aromatic nitrogens is 2. The molecule has 0 saturated carbocycles. The van der Waals surface area contributed by atoms with Gasteiger partial charge in [0.1, 0.15) is 17.2 Å². The number of pyridine rings is 1. The molecule has 0 saturated heterocycles. The topological polar surface area (TPSA) is 108 Å². The average Bonchev–Trinajstić information content (AvgIpc) is 3.34. The number of alkyl halides is 3. The lowest BCUT2D eigenvalue weighted by Crippen LogP contribution is -2.29. The number of rotatable bonds is 4. The van der Waals surface area contributed by atoms with Gasteiger partial charge in [0.15, 0.2) is 5.69 Å². The van der Waals surface area contributed by atoms with E-state index in [9.17, 15) is 22.8 Å². The van der Waals surface area contributed by atoms with Crippen LogP contribution >= 0.6 is 11.3 Å². The standard InChI is InChI=1S/C25H25F3N4O4S/c1-11-7-8-14(35-6)12(2)17(11)32-18-15(20(25(26,27)28)30-13-9-10-37-19(13)18)16(21(29)33)22(32)31-23(34)36-24(3,4)5/h7-10H,1-6H3,(H2,29,33)(H,31,34). The van der Waals surface area contributed by atoms with Gasteiger partial charge in [-0.3, -0.25) is 14.7 Å². The summed E-state index contributed by atoms with van der Waals surface area (Å²) in [5.41, 5.74) is 4.69. The number of carbonyl (C=O) groups is 2. The lowest BCUT2D eigenvalue weighted by Gasteiger charge is -2.22. The first-order chi connectivity index (χ1) is 17.2. The monoisotopic (exact) mass is 534 g/mol. The van der Waals surface area contributed by atoms with Crippen LogP contribution in [0, 0.1) is 13.8 Å². The van der Waals surface area contributed by atoms with Gasteiger partial charge in [0.25, 0.3) is 5.91 Å². The largest absolute Gasteiger partial charge is 0.496 e. The molecule has 4 aromatic rings. The highest BCUT2D eigenvalue weighted by atomic mass is 32.1. The van der Waals surface area contributed by atoms with Crippen LogP contribution in [0.1, 0.15) is 48.0 Å². The zero-order valence-electron chi connectivity index (χ0n) is 21.0. The number of methoxy groups -OCH3 is 1. The fourth-order valence-corrected chi connectivity index (χ4v) is 5.20. The zero-order chi connectivity index (χ0) is 27.4. The molecule has 0 spiro atoms. The van der Waals surface area contributed by atoms with E-state index in [0.717, 1.165) is 11.3 Å². The van der Waals surface area contributed by atoms with Crippen molar-refractivity contribution in [3.63, 3.8) is 0 Å². The van der Waals surface area contributed by atoms with Crippen molar-refractivity contribution in [2.75, 3.05) is 12.4 Å². The SMILES string of the molecule is COc1ccc(C)c(-n2c(NC(=O)OC(C)(C)C)c(C(N)=O)c3c(C(F)(F)F)nc4ccsc4c32)c1C. The summed E-state index contributed by atoms with van der Waals surface area (Å²) >= 11 is 1.15. The summed E-state index contributed by atoms with van der Waals surface area (Å²) in [5, 5.41) is 3.59. The van der Waals surface area contributed by atoms with Crippen LogP contribution in [-0.2, 0) is 10.9 Å². The second-order valence-electron chi connectivity index (χ2n) is 9.43. The number of aryl methyl sites for hydroxylation is 1. The van der Waals surface area contributed by atoms with Crippen molar-refractivity contribution >= 4 is 50.3 Å². The normalized spacial score (nSPS) is 12.2. The number of ether oxygens (including phenoxy) is 2. The van der Waals surface area contributed by atoms with Crippen molar-refractivity contribution < 1.29 is 32.2 Å². The summed E-state index contributed by atoms with van der Waals surface area (Å²) in [4.78, 5) is 29.5. The van der Waals surface area contributed by atoms with Gasteiger partial charge in [0.2, 0.25) is 0 Å². The highest BCUT2D eigenvalue weighted by molar-refractivity contribution is 7.18. The zero-order valence-corrected chi connectivity index (χ0v) is 21.8. The first kappa shape index (κ1) is 26.3. The van der Waals surface area contributed by atoms with Gasteiger partial charge in [0.05, 0.1) is 34.1 Å². The Morgan fingerprint density at radius 3 is 2.38 bits per heavy atom. The maximum Gasteiger partial charge on any atom is 0.434 e. The molecule has 1 aromatic carbocycles. The molecule has 12 heteroatoms. The fourth-order valence-electron chi connectivity index (χ4n) is 4.33. The maximum absolute atomic E-state index is 14.3. The van der Waals surface area contributed by atoms with Crippen LogP contribution in [0.2, 0.25) is 0 Å². The van der Waals surface area contributed by atoms with Gasteiger partial charge in [-0.25, -0.2) is 9.78 Å². The van der Waals surface area contributed by atoms with Crippen molar-refractivity contribution in [1.29, 1.82) is 0 Å². The van der Waals surface area contributed by atoms with Crippen molar-refractivity contribution in [3.05, 3.63) is 46.0 Å². The average molecular weight is 535 g/mol. The highest BCUT2D eigenvalue weighted by Crippen LogP contribution is 2.46. The predicted octanol–water partition coefficient (Wildman–Crippen LogP) is 6.33. The number of halogens is 3. The van der Waals surface area contributed by atoms with Gasteiger partial charge in [-0.05, 0) is 57.7 Å². The van der Waals surface area contributed by atoms with E-state index < -0.39 is 40.4 Å². The Labute approximate surface area is 214 Å². The smallest absolute Gasteiger partial charge is 0.434 e. The van der Waals surface area contributed by atoms with E-state index in [1.807, 2.05) is 0 Å². The third kappa shape index (κ3) is 4.57. The molecule has 0 aliphatic carbocycles. The lowest BCUT2D eigenvalue weighted by molar-refractivity contribution is -0.139. The number of carbonyl (C=O) groups excluding carboxylic acids is 2. The third-order valence-corrected chi connectivity index (χ3v) is 6.57. The van der Waals surface area contributed by atoms with Crippen molar-refractivity contribution in [2.45, 2.75) is 46.4 Å². The molecule has 3 aromatic heterocycles. The van der Waals surface area contributed by atoms with Gasteiger partial charge in [-0.15, -0.1) is 11.3 Å². The van der Waals surface area contributed by atoms with Crippen LogP contribution in [0.15, 0.2) is 23.6 Å². The number of hydrogen-bond donors (Lipinski definition) is 2. The molecule has 0 atom stereocenters. The molecule has 3 N–H and O–H groups in total. The van der Waals surface area contributed by atoms with E-state index in [1.165, 1.54) is 17.7 Å². The molecule has 8 nitrogen and oxygen atoms in total. The van der Waals surface area contributed by atoms with Gasteiger partial charge in [-0.1, -0.05) is 6.07 Å². The van der Waals surface area contributed by atoms with Gasteiger partial charge < -0.3 is 15.2 Å². The molecule has 3 heterocycles. The van der Waals surface area contributed by atoms with Crippen LogP contribution in [0.25, 0.3) is 26.8 Å². The molecule has 0 aliphatic heterocycles. The summed E-state index contributed by atoms with van der Waals surface area (Å²) < 4.78 is 55.7. The van der Waals surface area contributed by atoms with Gasteiger partial charge >= 0.3 is 12.3 Å². The minimum atomic E-state index is -4.92. The molecule has 196 valence electrons. The maximum atomic E-state index is 14.3. The molecule has 37 heavy (non-hydrogen) atoms. The summed E-state index contributed by atoms with van der Waals surface area (Å²) in [6, 6.07) is 4.91. The number of thiophene rings is 1. The number of benzene rings is 1. The first-order valence-electron chi connectivity index (χ1n) is 11.1. The van der Waals surface area contributed by atoms with E-state index in [-0.39, 0.29) is 16.9 Å². The van der Waals surface area contributed by atoms with Crippen LogP contribution in [0.4, 0.5) is 23.8 Å². The Morgan fingerprint density at radius 2 is 1.81 bits per heavy atom. The number of nitrogens with one attached hydrogen (secondary N) is 1. The number of nitrogens with two attached hydrogens (primary N) is 1. The number of primary amides is 1. The number of amides is 2. The minimum absolute atomic E-state index is 0.0339. The van der Waals surface area contributed by atoms with E-state index in [1.54, 1.807) is 52.1 Å². The Hall–Kier alpha value is -3.80. The Kier molecular flexibility index (Phi) is 6.35. The second-order valence-corrected chi connectivity index (χ2v) is 10.3. The van der Waals surface area contributed by atoms with Crippen LogP contribution < -0.4 is 15.8 Å². The quantitative estimate of drug-likeness (QED) is 0.318. The summed E-state index contributed by atoms with van der Waals surface area (Å²) in [7, 11) is 1.47. The van der Waals surface area contributed by atoms with Gasteiger partial charge in [0, 0.05) is 10.9 Å². The van der Waals surface area contributed by atoms with Crippen molar-refractivity contribution in [1.82, 2.24) is 9.55 Å². The highest BCUT2D eigenvalue weighted by Gasteiger charge is 2.40. The van der Waals surface area contributed by atoms with Crippen molar-refractivity contribution in [3.8, 4) is 11.4 Å². The summed E-state index contributed by atoms with van der Waals surface area (Å²) in [6.07, 6.45) is -5.90. The van der Waals surface area contributed by atoms with E-state index in [2.05, 4.69) is 10.3 Å². The summed E-state index contributed by atoms with van der Waals surface area (Å²) in [5.74, 6) is -0.973.